The number of carbonyl (C=O) groups is 2. The van der Waals surface area contributed by atoms with Gasteiger partial charge in [0, 0.05) is 5.56 Å². The minimum atomic E-state index is -1.10. The first-order valence-electron chi connectivity index (χ1n) is 9.34. The fourth-order valence-electron chi connectivity index (χ4n) is 2.51. The highest BCUT2D eigenvalue weighted by atomic mass is 79.9. The molecule has 0 spiro atoms. The van der Waals surface area contributed by atoms with Crippen molar-refractivity contribution in [2.24, 2.45) is 5.10 Å². The highest BCUT2D eigenvalue weighted by molar-refractivity contribution is 9.10. The van der Waals surface area contributed by atoms with E-state index in [-0.39, 0.29) is 5.75 Å². The monoisotopic (exact) mass is 494 g/mol. The second-order valence-corrected chi connectivity index (χ2v) is 6.80. The molecule has 10 heteroatoms. The number of benzene rings is 2. The largest absolute Gasteiger partial charge is 0.493 e. The van der Waals surface area contributed by atoms with Gasteiger partial charge in [-0.3, -0.25) is 4.79 Å². The van der Waals surface area contributed by atoms with Crippen molar-refractivity contribution in [1.29, 1.82) is 0 Å². The Morgan fingerprint density at radius 3 is 2.42 bits per heavy atom. The third-order valence-corrected chi connectivity index (χ3v) is 4.37. The van der Waals surface area contributed by atoms with Gasteiger partial charge in [-0.15, -0.1) is 0 Å². The summed E-state index contributed by atoms with van der Waals surface area (Å²) < 4.78 is 22.0. The van der Waals surface area contributed by atoms with Crippen LogP contribution in [0.4, 0.5) is 0 Å². The normalized spacial score (nSPS) is 10.6. The number of hydrazone groups is 1. The van der Waals surface area contributed by atoms with E-state index in [4.69, 9.17) is 24.1 Å². The van der Waals surface area contributed by atoms with Crippen LogP contribution in [0, 0.1) is 0 Å². The maximum Gasteiger partial charge on any atom is 0.341 e. The summed E-state index contributed by atoms with van der Waals surface area (Å²) in [6.07, 6.45) is 1.43. The molecule has 0 radical (unpaired) electrons. The van der Waals surface area contributed by atoms with Crippen molar-refractivity contribution in [3.8, 4) is 23.0 Å². The van der Waals surface area contributed by atoms with Gasteiger partial charge in [-0.25, -0.2) is 10.2 Å². The molecule has 2 aromatic carbocycles. The average molecular weight is 495 g/mol. The standard InChI is InChI=1S/C21H23BrN2O7/c1-4-29-16-7-6-14(10-17(16)28-3)21(27)24-23-11-13-8-15(22)20(31-12-19(25)26)18(9-13)30-5-2/h6-11H,4-5,12H2,1-3H3,(H,24,27)(H,25,26)/b23-11+. The van der Waals surface area contributed by atoms with Crippen LogP contribution < -0.4 is 24.4 Å². The lowest BCUT2D eigenvalue weighted by Crippen LogP contribution is -2.17. The predicted molar refractivity (Wildman–Crippen MR) is 118 cm³/mol. The van der Waals surface area contributed by atoms with Gasteiger partial charge < -0.3 is 24.1 Å². The summed E-state index contributed by atoms with van der Waals surface area (Å²) >= 11 is 3.34. The number of carboxylic acids is 1. The first-order chi connectivity index (χ1) is 14.9. The van der Waals surface area contributed by atoms with E-state index < -0.39 is 18.5 Å². The van der Waals surface area contributed by atoms with E-state index in [9.17, 15) is 9.59 Å². The Morgan fingerprint density at radius 2 is 1.77 bits per heavy atom. The first kappa shape index (κ1) is 24.0. The molecule has 0 aliphatic rings. The van der Waals surface area contributed by atoms with Crippen LogP contribution in [0.2, 0.25) is 0 Å². The lowest BCUT2D eigenvalue weighted by Gasteiger charge is -2.13. The van der Waals surface area contributed by atoms with Crippen LogP contribution in [-0.4, -0.2) is 50.1 Å². The molecule has 166 valence electrons. The number of nitrogens with zero attached hydrogens (tertiary/aromatic N) is 1. The van der Waals surface area contributed by atoms with Crippen molar-refractivity contribution in [2.45, 2.75) is 13.8 Å². The Bertz CT molecular complexity index is 963. The van der Waals surface area contributed by atoms with Gasteiger partial charge in [0.1, 0.15) is 0 Å². The molecule has 31 heavy (non-hydrogen) atoms. The third kappa shape index (κ3) is 6.88. The van der Waals surface area contributed by atoms with Crippen LogP contribution in [0.25, 0.3) is 0 Å². The van der Waals surface area contributed by atoms with Crippen LogP contribution in [0.15, 0.2) is 39.9 Å². The fourth-order valence-corrected chi connectivity index (χ4v) is 3.09. The zero-order valence-electron chi connectivity index (χ0n) is 17.3. The van der Waals surface area contributed by atoms with Crippen molar-refractivity contribution in [3.63, 3.8) is 0 Å². The van der Waals surface area contributed by atoms with Gasteiger partial charge in [0.25, 0.3) is 5.91 Å². The zero-order valence-corrected chi connectivity index (χ0v) is 18.9. The number of aliphatic carboxylic acids is 1. The summed E-state index contributed by atoms with van der Waals surface area (Å²) in [5, 5.41) is 12.8. The number of ether oxygens (including phenoxy) is 4. The Labute approximate surface area is 188 Å². The van der Waals surface area contributed by atoms with Crippen molar-refractivity contribution in [2.75, 3.05) is 26.9 Å². The second-order valence-electron chi connectivity index (χ2n) is 5.94. The van der Waals surface area contributed by atoms with Crippen molar-refractivity contribution in [3.05, 3.63) is 45.9 Å². The highest BCUT2D eigenvalue weighted by Crippen LogP contribution is 2.36. The second kappa shape index (κ2) is 11.8. The molecule has 1 amide bonds. The lowest BCUT2D eigenvalue weighted by molar-refractivity contribution is -0.139. The Balaban J connectivity index is 2.14. The molecular formula is C21H23BrN2O7. The SMILES string of the molecule is CCOc1ccc(C(=O)N/N=C/c2cc(Br)c(OCC(=O)O)c(OCC)c2)cc1OC. The summed E-state index contributed by atoms with van der Waals surface area (Å²) in [6, 6.07) is 8.11. The topological polar surface area (TPSA) is 116 Å². The van der Waals surface area contributed by atoms with E-state index in [2.05, 4.69) is 26.5 Å². The van der Waals surface area contributed by atoms with Gasteiger partial charge in [-0.1, -0.05) is 0 Å². The van der Waals surface area contributed by atoms with E-state index in [1.165, 1.54) is 13.3 Å². The Morgan fingerprint density at radius 1 is 1.06 bits per heavy atom. The van der Waals surface area contributed by atoms with Gasteiger partial charge in [0.15, 0.2) is 29.6 Å². The van der Waals surface area contributed by atoms with Gasteiger partial charge >= 0.3 is 5.97 Å². The molecule has 2 aromatic rings. The van der Waals surface area contributed by atoms with Gasteiger partial charge in [0.05, 0.1) is 31.0 Å². The number of carbonyl (C=O) groups excluding carboxylic acids is 1. The van der Waals surface area contributed by atoms with E-state index in [0.29, 0.717) is 46.1 Å². The maximum absolute atomic E-state index is 12.4. The van der Waals surface area contributed by atoms with E-state index >= 15 is 0 Å². The van der Waals surface area contributed by atoms with Crippen molar-refractivity contribution >= 4 is 34.0 Å². The van der Waals surface area contributed by atoms with E-state index in [1.807, 2.05) is 6.92 Å². The smallest absolute Gasteiger partial charge is 0.341 e. The van der Waals surface area contributed by atoms with Crippen LogP contribution >= 0.6 is 15.9 Å². The van der Waals surface area contributed by atoms with Gasteiger partial charge in [-0.05, 0) is 65.7 Å². The number of hydrogen-bond donors (Lipinski definition) is 2. The van der Waals surface area contributed by atoms with Crippen LogP contribution in [0.1, 0.15) is 29.8 Å². The molecule has 0 bridgehead atoms. The summed E-state index contributed by atoms with van der Waals surface area (Å²) in [6.45, 7) is 3.97. The van der Waals surface area contributed by atoms with Gasteiger partial charge in [-0.2, -0.15) is 5.10 Å². The first-order valence-corrected chi connectivity index (χ1v) is 10.1. The molecule has 0 atom stereocenters. The number of nitrogens with one attached hydrogen (secondary N) is 1. The number of carboxylic acid groups (broad SMARTS) is 1. The molecule has 0 aliphatic carbocycles. The number of halogens is 1. The third-order valence-electron chi connectivity index (χ3n) is 3.78. The Kier molecular flexibility index (Phi) is 9.13. The summed E-state index contributed by atoms with van der Waals surface area (Å²) in [4.78, 5) is 23.2. The van der Waals surface area contributed by atoms with Crippen molar-refractivity contribution in [1.82, 2.24) is 5.43 Å². The molecule has 2 rings (SSSR count). The number of amides is 1. The lowest BCUT2D eigenvalue weighted by atomic mass is 10.2. The molecular weight excluding hydrogens is 472 g/mol. The summed E-state index contributed by atoms with van der Waals surface area (Å²) in [5.41, 5.74) is 3.40. The van der Waals surface area contributed by atoms with E-state index in [1.54, 1.807) is 37.3 Å². The fraction of sp³-hybridized carbons (Fsp3) is 0.286. The average Bonchev–Trinajstić information content (AvgIpc) is 2.73. The maximum atomic E-state index is 12.4. The van der Waals surface area contributed by atoms with Crippen LogP contribution in [-0.2, 0) is 4.79 Å². The quantitative estimate of drug-likeness (QED) is 0.362. The van der Waals surface area contributed by atoms with Crippen LogP contribution in [0.3, 0.4) is 0 Å². The summed E-state index contributed by atoms with van der Waals surface area (Å²) in [5.74, 6) is 0.0788. The van der Waals surface area contributed by atoms with E-state index in [0.717, 1.165) is 0 Å². The zero-order chi connectivity index (χ0) is 22.8. The number of hydrogen-bond acceptors (Lipinski definition) is 7. The molecule has 0 saturated heterocycles. The number of methoxy groups -OCH3 is 1. The molecule has 2 N–H and O–H groups in total. The predicted octanol–water partition coefficient (Wildman–Crippen LogP) is 3.48. The molecule has 0 fully saturated rings. The molecule has 0 heterocycles. The Hall–Kier alpha value is -3.27. The minimum Gasteiger partial charge on any atom is -0.493 e. The van der Waals surface area contributed by atoms with Gasteiger partial charge in [0.2, 0.25) is 0 Å². The molecule has 9 nitrogen and oxygen atoms in total. The minimum absolute atomic E-state index is 0.270. The molecule has 0 unspecified atom stereocenters. The number of rotatable bonds is 11. The highest BCUT2D eigenvalue weighted by Gasteiger charge is 2.14. The molecule has 0 aromatic heterocycles. The summed E-state index contributed by atoms with van der Waals surface area (Å²) in [7, 11) is 1.50. The molecule has 0 saturated carbocycles. The van der Waals surface area contributed by atoms with Crippen LogP contribution in [0.5, 0.6) is 23.0 Å². The molecule has 0 aliphatic heterocycles. The van der Waals surface area contributed by atoms with Crippen molar-refractivity contribution < 1.29 is 33.6 Å².